The van der Waals surface area contributed by atoms with Gasteiger partial charge < -0.3 is 20.1 Å². The van der Waals surface area contributed by atoms with Crippen LogP contribution in [0.2, 0.25) is 0 Å². The highest BCUT2D eigenvalue weighted by molar-refractivity contribution is 5.99. The molecule has 0 aliphatic carbocycles. The molecule has 5 nitrogen and oxygen atoms in total. The Labute approximate surface area is 163 Å². The van der Waals surface area contributed by atoms with Crippen LogP contribution < -0.4 is 10.1 Å². The van der Waals surface area contributed by atoms with E-state index in [1.54, 1.807) is 0 Å². The summed E-state index contributed by atoms with van der Waals surface area (Å²) in [6.45, 7) is 2.93. The topological polar surface area (TPSA) is 70.2 Å². The highest BCUT2D eigenvalue weighted by Gasteiger charge is 2.15. The molecule has 0 unspecified atom stereocenters. The van der Waals surface area contributed by atoms with Crippen LogP contribution in [0.5, 0.6) is 11.6 Å². The van der Waals surface area contributed by atoms with E-state index < -0.39 is 0 Å². The van der Waals surface area contributed by atoms with Crippen LogP contribution in [0.15, 0.2) is 54.6 Å². The van der Waals surface area contributed by atoms with Gasteiger partial charge in [-0.25, -0.2) is 4.98 Å². The number of para-hydroxylation sites is 1. The van der Waals surface area contributed by atoms with Gasteiger partial charge in [0.2, 0.25) is 0 Å². The van der Waals surface area contributed by atoms with Crippen molar-refractivity contribution < 1.29 is 9.84 Å². The maximum Gasteiger partial charge on any atom is 0.199 e. The smallest absolute Gasteiger partial charge is 0.199 e. The summed E-state index contributed by atoms with van der Waals surface area (Å²) >= 11 is 0. The van der Waals surface area contributed by atoms with Gasteiger partial charge >= 0.3 is 0 Å². The van der Waals surface area contributed by atoms with Gasteiger partial charge in [-0.3, -0.25) is 0 Å². The fourth-order valence-corrected chi connectivity index (χ4v) is 3.98. The molecule has 5 rings (SSSR count). The first-order valence-electron chi connectivity index (χ1n) is 9.82. The van der Waals surface area contributed by atoms with Crippen LogP contribution in [-0.2, 0) is 0 Å². The Balaban J connectivity index is 1.43. The molecular weight excluding hydrogens is 350 g/mol. The van der Waals surface area contributed by atoms with Gasteiger partial charge in [-0.2, -0.15) is 0 Å². The van der Waals surface area contributed by atoms with Crippen LogP contribution in [0.4, 0.5) is 0 Å². The average molecular weight is 373 g/mol. The second-order valence-electron chi connectivity index (χ2n) is 7.45. The van der Waals surface area contributed by atoms with E-state index in [0.29, 0.717) is 5.92 Å². The molecule has 0 bridgehead atoms. The van der Waals surface area contributed by atoms with Crippen molar-refractivity contribution in [2.75, 3.05) is 19.7 Å². The maximum absolute atomic E-state index is 10.4. The third-order valence-corrected chi connectivity index (χ3v) is 5.55. The van der Waals surface area contributed by atoms with Crippen molar-refractivity contribution in [2.45, 2.75) is 12.8 Å². The molecule has 5 heteroatoms. The summed E-state index contributed by atoms with van der Waals surface area (Å²) < 4.78 is 6.03. The summed E-state index contributed by atoms with van der Waals surface area (Å²) in [6.07, 6.45) is 2.35. The van der Waals surface area contributed by atoms with Gasteiger partial charge in [0, 0.05) is 16.3 Å². The zero-order valence-corrected chi connectivity index (χ0v) is 15.6. The number of piperidine rings is 1. The van der Waals surface area contributed by atoms with Gasteiger partial charge in [-0.15, -0.1) is 0 Å². The van der Waals surface area contributed by atoms with Gasteiger partial charge in [-0.05, 0) is 62.2 Å². The molecule has 1 aliphatic rings. The van der Waals surface area contributed by atoms with E-state index in [2.05, 4.69) is 10.3 Å². The number of ether oxygens (including phenoxy) is 1. The number of hydrogen-bond donors (Lipinski definition) is 3. The van der Waals surface area contributed by atoms with E-state index >= 15 is 0 Å². The molecule has 0 saturated carbocycles. The second kappa shape index (κ2) is 7.17. The number of hydrogen-bond acceptors (Lipinski definition) is 4. The molecule has 0 atom stereocenters. The van der Waals surface area contributed by atoms with Crippen molar-refractivity contribution in [3.63, 3.8) is 0 Å². The molecule has 1 saturated heterocycles. The van der Waals surface area contributed by atoms with Crippen LogP contribution in [0.3, 0.4) is 0 Å². The fourth-order valence-electron chi connectivity index (χ4n) is 3.98. The largest absolute Gasteiger partial charge is 0.494 e. The molecule has 2 aromatic heterocycles. The first kappa shape index (κ1) is 17.1. The Hall–Kier alpha value is -3.05. The quantitative estimate of drug-likeness (QED) is 0.494. The highest BCUT2D eigenvalue weighted by atomic mass is 16.5. The standard InChI is InChI=1S/C23H23N3O2/c27-23-22(18-3-1-2-4-20(18)26-23)21-7-5-16-13-17(6-8-19(16)25-21)28-14-15-9-11-24-12-10-15/h1-8,13,15,24,26-27H,9-12,14H2. The van der Waals surface area contributed by atoms with Gasteiger partial charge in [0.15, 0.2) is 5.88 Å². The Morgan fingerprint density at radius 3 is 2.79 bits per heavy atom. The number of fused-ring (bicyclic) bond motifs is 2. The minimum atomic E-state index is 0.148. The molecule has 142 valence electrons. The number of aromatic amines is 1. The lowest BCUT2D eigenvalue weighted by Gasteiger charge is -2.22. The number of H-pyrrole nitrogens is 1. The van der Waals surface area contributed by atoms with E-state index in [9.17, 15) is 5.11 Å². The van der Waals surface area contributed by atoms with Gasteiger partial charge in [0.25, 0.3) is 0 Å². The third-order valence-electron chi connectivity index (χ3n) is 5.55. The lowest BCUT2D eigenvalue weighted by molar-refractivity contribution is 0.215. The minimum Gasteiger partial charge on any atom is -0.494 e. The zero-order valence-electron chi connectivity index (χ0n) is 15.6. The first-order valence-corrected chi connectivity index (χ1v) is 9.82. The molecule has 1 fully saturated rings. The van der Waals surface area contributed by atoms with E-state index in [1.807, 2.05) is 54.6 Å². The summed E-state index contributed by atoms with van der Waals surface area (Å²) in [5.74, 6) is 1.66. The Kier molecular flexibility index (Phi) is 4.37. The lowest BCUT2D eigenvalue weighted by atomic mass is 9.99. The van der Waals surface area contributed by atoms with E-state index in [0.717, 1.165) is 58.5 Å². The maximum atomic E-state index is 10.4. The molecule has 2 aromatic carbocycles. The van der Waals surface area contributed by atoms with E-state index in [1.165, 1.54) is 12.8 Å². The second-order valence-corrected chi connectivity index (χ2v) is 7.45. The molecule has 3 N–H and O–H groups in total. The predicted octanol–water partition coefficient (Wildman–Crippen LogP) is 4.47. The SMILES string of the molecule is Oc1[nH]c2ccccc2c1-c1ccc2cc(OCC3CCNCC3)ccc2n1. The number of pyridine rings is 1. The molecule has 1 aliphatic heterocycles. The fraction of sp³-hybridized carbons (Fsp3) is 0.261. The molecule has 0 spiro atoms. The number of benzene rings is 2. The molecular formula is C23H23N3O2. The van der Waals surface area contributed by atoms with Crippen molar-refractivity contribution in [2.24, 2.45) is 5.92 Å². The minimum absolute atomic E-state index is 0.148. The zero-order chi connectivity index (χ0) is 18.9. The Morgan fingerprint density at radius 2 is 1.89 bits per heavy atom. The number of aromatic nitrogens is 2. The van der Waals surface area contributed by atoms with Crippen molar-refractivity contribution in [1.82, 2.24) is 15.3 Å². The summed E-state index contributed by atoms with van der Waals surface area (Å²) in [4.78, 5) is 7.80. The highest BCUT2D eigenvalue weighted by Crippen LogP contribution is 2.36. The number of rotatable bonds is 4. The third kappa shape index (κ3) is 3.18. The van der Waals surface area contributed by atoms with Gasteiger partial charge in [-0.1, -0.05) is 24.3 Å². The van der Waals surface area contributed by atoms with Crippen molar-refractivity contribution >= 4 is 21.8 Å². The predicted molar refractivity (Wildman–Crippen MR) is 112 cm³/mol. The van der Waals surface area contributed by atoms with Crippen molar-refractivity contribution in [1.29, 1.82) is 0 Å². The van der Waals surface area contributed by atoms with Crippen LogP contribution in [-0.4, -0.2) is 34.8 Å². The summed E-state index contributed by atoms with van der Waals surface area (Å²) in [7, 11) is 0. The average Bonchev–Trinajstić information content (AvgIpc) is 3.08. The van der Waals surface area contributed by atoms with E-state index in [-0.39, 0.29) is 5.88 Å². The molecule has 4 aromatic rings. The van der Waals surface area contributed by atoms with Crippen molar-refractivity contribution in [3.05, 3.63) is 54.6 Å². The molecule has 3 heterocycles. The summed E-state index contributed by atoms with van der Waals surface area (Å²) in [6, 6.07) is 17.9. The lowest BCUT2D eigenvalue weighted by Crippen LogP contribution is -2.30. The van der Waals surface area contributed by atoms with Crippen LogP contribution in [0.1, 0.15) is 12.8 Å². The summed E-state index contributed by atoms with van der Waals surface area (Å²) in [5, 5.41) is 15.8. The molecule has 28 heavy (non-hydrogen) atoms. The Morgan fingerprint density at radius 1 is 1.04 bits per heavy atom. The molecule has 0 radical (unpaired) electrons. The van der Waals surface area contributed by atoms with Crippen LogP contribution in [0, 0.1) is 5.92 Å². The van der Waals surface area contributed by atoms with E-state index in [4.69, 9.17) is 9.72 Å². The Bertz CT molecular complexity index is 1130. The van der Waals surface area contributed by atoms with Crippen LogP contribution in [0.25, 0.3) is 33.1 Å². The summed E-state index contributed by atoms with van der Waals surface area (Å²) in [5.41, 5.74) is 3.28. The normalized spacial score (nSPS) is 15.3. The van der Waals surface area contributed by atoms with Gasteiger partial charge in [0.1, 0.15) is 5.75 Å². The first-order chi connectivity index (χ1) is 13.8. The monoisotopic (exact) mass is 373 g/mol. The van der Waals surface area contributed by atoms with Crippen LogP contribution >= 0.6 is 0 Å². The van der Waals surface area contributed by atoms with Crippen molar-refractivity contribution in [3.8, 4) is 22.9 Å². The number of aromatic hydroxyl groups is 1. The molecule has 0 amide bonds. The number of nitrogens with one attached hydrogen (secondary N) is 2. The van der Waals surface area contributed by atoms with Gasteiger partial charge in [0.05, 0.1) is 23.4 Å². The number of nitrogens with zero attached hydrogens (tertiary/aromatic N) is 1.